The number of hydrogen-bond donors (Lipinski definition) is 2. The van der Waals surface area contributed by atoms with Crippen molar-refractivity contribution >= 4 is 39.1 Å². The summed E-state index contributed by atoms with van der Waals surface area (Å²) in [7, 11) is 0. The van der Waals surface area contributed by atoms with E-state index < -0.39 is 0 Å². The van der Waals surface area contributed by atoms with Gasteiger partial charge in [-0.2, -0.15) is 0 Å². The minimum absolute atomic E-state index is 0.0556. The third kappa shape index (κ3) is 5.33. The molecule has 0 heterocycles. The molecule has 0 aliphatic carbocycles. The monoisotopic (exact) mass is 360 g/mol. The summed E-state index contributed by atoms with van der Waals surface area (Å²) >= 11 is 3.42. The van der Waals surface area contributed by atoms with E-state index in [1.807, 2.05) is 24.3 Å². The summed E-state index contributed by atoms with van der Waals surface area (Å²) in [6.45, 7) is 1.45. The average molecular weight is 361 g/mol. The zero-order valence-electron chi connectivity index (χ0n) is 12.2. The molecular weight excluding hydrogens is 344 g/mol. The Labute approximate surface area is 138 Å². The predicted octanol–water partition coefficient (Wildman–Crippen LogP) is 3.98. The highest BCUT2D eigenvalue weighted by atomic mass is 79.9. The Morgan fingerprint density at radius 3 is 2.36 bits per heavy atom. The summed E-state index contributed by atoms with van der Waals surface area (Å²) in [5.41, 5.74) is 2.44. The molecule has 2 aromatic rings. The molecule has 0 saturated carbocycles. The molecule has 5 heteroatoms. The van der Waals surface area contributed by atoms with Crippen molar-refractivity contribution in [2.45, 2.75) is 19.8 Å². The highest BCUT2D eigenvalue weighted by Gasteiger charge is 2.05. The third-order valence-electron chi connectivity index (χ3n) is 3.00. The van der Waals surface area contributed by atoms with Gasteiger partial charge in [-0.25, -0.2) is 0 Å². The molecule has 0 unspecified atom stereocenters. The molecule has 0 aromatic heterocycles. The minimum atomic E-state index is -0.141. The Kier molecular flexibility index (Phi) is 5.72. The van der Waals surface area contributed by atoms with E-state index in [0.29, 0.717) is 24.2 Å². The number of nitrogens with one attached hydrogen (secondary N) is 2. The number of carbonyl (C=O) groups excluding carboxylic acids is 2. The number of aryl methyl sites for hydroxylation is 1. The van der Waals surface area contributed by atoms with Crippen molar-refractivity contribution in [3.63, 3.8) is 0 Å². The van der Waals surface area contributed by atoms with Gasteiger partial charge in [0, 0.05) is 29.2 Å². The van der Waals surface area contributed by atoms with Gasteiger partial charge in [0.1, 0.15) is 0 Å². The standard InChI is InChI=1S/C17H17BrN2O2/c1-12(21)19-15-6-3-7-16(11-15)20-17(22)9-8-13-4-2-5-14(18)10-13/h2-7,10-11H,8-9H2,1H3,(H,19,21)(H,20,22). The van der Waals surface area contributed by atoms with Gasteiger partial charge in [-0.1, -0.05) is 34.1 Å². The van der Waals surface area contributed by atoms with Crippen LogP contribution in [0.4, 0.5) is 11.4 Å². The van der Waals surface area contributed by atoms with Crippen molar-refractivity contribution in [2.24, 2.45) is 0 Å². The van der Waals surface area contributed by atoms with E-state index in [-0.39, 0.29) is 11.8 Å². The summed E-state index contributed by atoms with van der Waals surface area (Å²) in [4.78, 5) is 23.0. The van der Waals surface area contributed by atoms with Gasteiger partial charge in [-0.05, 0) is 42.3 Å². The lowest BCUT2D eigenvalue weighted by Gasteiger charge is -2.08. The molecule has 0 spiro atoms. The SMILES string of the molecule is CC(=O)Nc1cccc(NC(=O)CCc2cccc(Br)c2)c1. The Balaban J connectivity index is 1.90. The third-order valence-corrected chi connectivity index (χ3v) is 3.49. The molecule has 114 valence electrons. The van der Waals surface area contributed by atoms with Crippen LogP contribution in [-0.4, -0.2) is 11.8 Å². The molecule has 0 radical (unpaired) electrons. The fourth-order valence-corrected chi connectivity index (χ4v) is 2.50. The van der Waals surface area contributed by atoms with E-state index in [2.05, 4.69) is 26.6 Å². The van der Waals surface area contributed by atoms with E-state index >= 15 is 0 Å². The maximum atomic E-state index is 12.0. The average Bonchev–Trinajstić information content (AvgIpc) is 2.45. The number of carbonyl (C=O) groups is 2. The lowest BCUT2D eigenvalue weighted by atomic mass is 10.1. The quantitative estimate of drug-likeness (QED) is 0.846. The minimum Gasteiger partial charge on any atom is -0.326 e. The molecule has 0 fully saturated rings. The Hall–Kier alpha value is -2.14. The van der Waals surface area contributed by atoms with Crippen LogP contribution < -0.4 is 10.6 Å². The Bertz CT molecular complexity index is 686. The molecule has 0 bridgehead atoms. The lowest BCUT2D eigenvalue weighted by molar-refractivity contribution is -0.116. The molecule has 2 aromatic carbocycles. The Morgan fingerprint density at radius 2 is 1.68 bits per heavy atom. The van der Waals surface area contributed by atoms with Crippen LogP contribution in [0.15, 0.2) is 53.0 Å². The molecule has 0 saturated heterocycles. The van der Waals surface area contributed by atoms with Crippen LogP contribution in [0, 0.1) is 0 Å². The van der Waals surface area contributed by atoms with Crippen LogP contribution in [0.3, 0.4) is 0 Å². The molecule has 4 nitrogen and oxygen atoms in total. The van der Waals surface area contributed by atoms with Crippen LogP contribution in [0.2, 0.25) is 0 Å². The second-order valence-electron chi connectivity index (χ2n) is 4.94. The Morgan fingerprint density at radius 1 is 1.00 bits per heavy atom. The first kappa shape index (κ1) is 16.2. The zero-order valence-corrected chi connectivity index (χ0v) is 13.8. The second-order valence-corrected chi connectivity index (χ2v) is 5.86. The van der Waals surface area contributed by atoms with Crippen molar-refractivity contribution < 1.29 is 9.59 Å². The number of halogens is 1. The summed E-state index contributed by atoms with van der Waals surface area (Å²) < 4.78 is 1.01. The van der Waals surface area contributed by atoms with Crippen molar-refractivity contribution in [3.05, 3.63) is 58.6 Å². The summed E-state index contributed by atoms with van der Waals surface area (Å²) in [5, 5.41) is 5.53. The first-order chi connectivity index (χ1) is 10.5. The van der Waals surface area contributed by atoms with Crippen molar-refractivity contribution in [3.8, 4) is 0 Å². The topological polar surface area (TPSA) is 58.2 Å². The van der Waals surface area contributed by atoms with E-state index in [4.69, 9.17) is 0 Å². The smallest absolute Gasteiger partial charge is 0.224 e. The van der Waals surface area contributed by atoms with Gasteiger partial charge in [0.2, 0.25) is 11.8 Å². The van der Waals surface area contributed by atoms with Gasteiger partial charge in [0.05, 0.1) is 0 Å². The van der Waals surface area contributed by atoms with Gasteiger partial charge in [0.15, 0.2) is 0 Å². The summed E-state index contributed by atoms with van der Waals surface area (Å²) in [6.07, 6.45) is 1.08. The molecule has 2 N–H and O–H groups in total. The van der Waals surface area contributed by atoms with Crippen molar-refractivity contribution in [1.29, 1.82) is 0 Å². The van der Waals surface area contributed by atoms with E-state index in [9.17, 15) is 9.59 Å². The van der Waals surface area contributed by atoms with Crippen LogP contribution in [-0.2, 0) is 16.0 Å². The molecule has 2 rings (SSSR count). The summed E-state index contributed by atoms with van der Waals surface area (Å²) in [5.74, 6) is -0.196. The highest BCUT2D eigenvalue weighted by molar-refractivity contribution is 9.10. The summed E-state index contributed by atoms with van der Waals surface area (Å²) in [6, 6.07) is 15.0. The van der Waals surface area contributed by atoms with Gasteiger partial charge in [-0.3, -0.25) is 9.59 Å². The van der Waals surface area contributed by atoms with Crippen LogP contribution >= 0.6 is 15.9 Å². The second kappa shape index (κ2) is 7.75. The largest absolute Gasteiger partial charge is 0.326 e. The van der Waals surface area contributed by atoms with Crippen molar-refractivity contribution in [1.82, 2.24) is 0 Å². The highest BCUT2D eigenvalue weighted by Crippen LogP contribution is 2.16. The number of amides is 2. The maximum absolute atomic E-state index is 12.0. The lowest BCUT2D eigenvalue weighted by Crippen LogP contribution is -2.13. The first-order valence-electron chi connectivity index (χ1n) is 6.95. The molecule has 0 aliphatic heterocycles. The molecule has 2 amide bonds. The molecule has 22 heavy (non-hydrogen) atoms. The van der Waals surface area contributed by atoms with Gasteiger partial charge in [0.25, 0.3) is 0 Å². The van der Waals surface area contributed by atoms with Crippen LogP contribution in [0.5, 0.6) is 0 Å². The van der Waals surface area contributed by atoms with Crippen molar-refractivity contribution in [2.75, 3.05) is 10.6 Å². The molecular formula is C17H17BrN2O2. The van der Waals surface area contributed by atoms with E-state index in [1.54, 1.807) is 24.3 Å². The zero-order chi connectivity index (χ0) is 15.9. The maximum Gasteiger partial charge on any atom is 0.224 e. The van der Waals surface area contributed by atoms with Gasteiger partial charge < -0.3 is 10.6 Å². The number of anilines is 2. The van der Waals surface area contributed by atoms with Gasteiger partial charge in [-0.15, -0.1) is 0 Å². The van der Waals surface area contributed by atoms with Crippen LogP contribution in [0.1, 0.15) is 18.9 Å². The van der Waals surface area contributed by atoms with E-state index in [1.165, 1.54) is 6.92 Å². The molecule has 0 atom stereocenters. The van der Waals surface area contributed by atoms with E-state index in [0.717, 1.165) is 10.0 Å². The van der Waals surface area contributed by atoms with Gasteiger partial charge >= 0.3 is 0 Å². The van der Waals surface area contributed by atoms with Crippen LogP contribution in [0.25, 0.3) is 0 Å². The number of benzene rings is 2. The fourth-order valence-electron chi connectivity index (χ4n) is 2.05. The predicted molar refractivity (Wildman–Crippen MR) is 91.8 cm³/mol. The fraction of sp³-hybridized carbons (Fsp3) is 0.176. The first-order valence-corrected chi connectivity index (χ1v) is 7.74. The number of rotatable bonds is 5. The molecule has 0 aliphatic rings. The normalized spacial score (nSPS) is 10.1. The number of hydrogen-bond acceptors (Lipinski definition) is 2.